The summed E-state index contributed by atoms with van der Waals surface area (Å²) >= 11 is 11.5. The van der Waals surface area contributed by atoms with Crippen molar-refractivity contribution in [3.63, 3.8) is 0 Å². The molecule has 3 nitrogen and oxygen atoms in total. The van der Waals surface area contributed by atoms with Gasteiger partial charge in [0.05, 0.1) is 15.6 Å². The number of primary amides is 1. The van der Waals surface area contributed by atoms with Gasteiger partial charge in [-0.2, -0.15) is 0 Å². The van der Waals surface area contributed by atoms with Gasteiger partial charge in [0.2, 0.25) is 5.91 Å². The van der Waals surface area contributed by atoms with E-state index in [2.05, 4.69) is 0 Å². The number of hydrogen-bond acceptors (Lipinski definition) is 2. The van der Waals surface area contributed by atoms with Crippen LogP contribution in [0.25, 0.3) is 0 Å². The molecule has 0 saturated heterocycles. The molecule has 21 heavy (non-hydrogen) atoms. The van der Waals surface area contributed by atoms with Crippen LogP contribution in [0.5, 0.6) is 0 Å². The molecular formula is C15H10Cl2FNO2. The topological polar surface area (TPSA) is 60.2 Å². The minimum absolute atomic E-state index is 0.0430. The van der Waals surface area contributed by atoms with Crippen LogP contribution in [0.4, 0.5) is 4.39 Å². The molecule has 2 aromatic carbocycles. The summed E-state index contributed by atoms with van der Waals surface area (Å²) in [5.74, 6) is -1.79. The fraction of sp³-hybridized carbons (Fsp3) is 0.0667. The van der Waals surface area contributed by atoms with E-state index in [4.69, 9.17) is 28.9 Å². The van der Waals surface area contributed by atoms with Crippen LogP contribution in [0.1, 0.15) is 26.3 Å². The largest absolute Gasteiger partial charge is 0.366 e. The van der Waals surface area contributed by atoms with Crippen LogP contribution in [0.3, 0.4) is 0 Å². The number of ketones is 1. The van der Waals surface area contributed by atoms with Gasteiger partial charge in [-0.15, -0.1) is 0 Å². The lowest BCUT2D eigenvalue weighted by Gasteiger charge is -2.06. The zero-order chi connectivity index (χ0) is 15.6. The molecule has 0 spiro atoms. The zero-order valence-electron chi connectivity index (χ0n) is 10.7. The summed E-state index contributed by atoms with van der Waals surface area (Å²) in [6.45, 7) is 0. The Hall–Kier alpha value is -1.91. The lowest BCUT2D eigenvalue weighted by Crippen LogP contribution is -2.12. The molecule has 0 saturated carbocycles. The van der Waals surface area contributed by atoms with Gasteiger partial charge in [0.1, 0.15) is 5.82 Å². The van der Waals surface area contributed by atoms with Crippen LogP contribution in [-0.2, 0) is 6.42 Å². The minimum atomic E-state index is -0.736. The Morgan fingerprint density at radius 3 is 2.43 bits per heavy atom. The fourth-order valence-corrected chi connectivity index (χ4v) is 2.17. The van der Waals surface area contributed by atoms with E-state index in [0.717, 1.165) is 6.07 Å². The number of halogens is 3. The summed E-state index contributed by atoms with van der Waals surface area (Å²) in [5, 5.41) is 0.147. The van der Waals surface area contributed by atoms with Gasteiger partial charge in [0.15, 0.2) is 5.78 Å². The fourth-order valence-electron chi connectivity index (χ4n) is 1.85. The smallest absolute Gasteiger partial charge is 0.248 e. The van der Waals surface area contributed by atoms with Crippen molar-refractivity contribution in [3.8, 4) is 0 Å². The first-order valence-corrected chi connectivity index (χ1v) is 6.70. The molecule has 2 N–H and O–H groups in total. The van der Waals surface area contributed by atoms with Crippen LogP contribution in [0.15, 0.2) is 36.4 Å². The molecule has 0 fully saturated rings. The highest BCUT2D eigenvalue weighted by atomic mass is 35.5. The molecule has 0 aliphatic carbocycles. The van der Waals surface area contributed by atoms with Gasteiger partial charge in [-0.3, -0.25) is 9.59 Å². The lowest BCUT2D eigenvalue weighted by atomic mass is 10.0. The van der Waals surface area contributed by atoms with Crippen molar-refractivity contribution < 1.29 is 14.0 Å². The predicted octanol–water partition coefficient (Wildman–Crippen LogP) is 3.66. The Morgan fingerprint density at radius 1 is 1.10 bits per heavy atom. The predicted molar refractivity (Wildman–Crippen MR) is 79.4 cm³/mol. The molecule has 0 aromatic heterocycles. The second-order valence-corrected chi connectivity index (χ2v) is 5.23. The number of hydrogen-bond donors (Lipinski definition) is 1. The quantitative estimate of drug-likeness (QED) is 0.688. The number of benzene rings is 2. The Kier molecular flexibility index (Phi) is 4.60. The number of nitrogens with two attached hydrogens (primary N) is 1. The molecule has 108 valence electrons. The number of rotatable bonds is 4. The van der Waals surface area contributed by atoms with Crippen LogP contribution in [0, 0.1) is 5.82 Å². The molecule has 0 atom stereocenters. The van der Waals surface area contributed by atoms with E-state index in [1.807, 2.05) is 0 Å². The van der Waals surface area contributed by atoms with E-state index >= 15 is 0 Å². The van der Waals surface area contributed by atoms with Gasteiger partial charge in [-0.25, -0.2) is 4.39 Å². The summed E-state index contributed by atoms with van der Waals surface area (Å²) < 4.78 is 13.8. The van der Waals surface area contributed by atoms with E-state index < -0.39 is 17.5 Å². The van der Waals surface area contributed by atoms with Crippen molar-refractivity contribution in [2.45, 2.75) is 6.42 Å². The van der Waals surface area contributed by atoms with Crippen molar-refractivity contribution in [2.24, 2.45) is 5.73 Å². The second-order valence-electron chi connectivity index (χ2n) is 4.41. The first kappa shape index (κ1) is 15.5. The second kappa shape index (κ2) is 6.24. The molecule has 1 amide bonds. The SMILES string of the molecule is NC(=O)c1cccc(CC(=O)c2cc(Cl)c(Cl)cc2F)c1. The lowest BCUT2D eigenvalue weighted by molar-refractivity contribution is 0.0981. The third-order valence-corrected chi connectivity index (χ3v) is 3.61. The summed E-state index contributed by atoms with van der Waals surface area (Å²) in [6.07, 6.45) is -0.0734. The van der Waals surface area contributed by atoms with Crippen molar-refractivity contribution in [1.82, 2.24) is 0 Å². The molecule has 0 bridgehead atoms. The maximum atomic E-state index is 13.8. The van der Waals surface area contributed by atoms with E-state index in [1.54, 1.807) is 12.1 Å². The van der Waals surface area contributed by atoms with E-state index in [0.29, 0.717) is 5.56 Å². The number of Topliss-reactive ketones (excluding diaryl/α,β-unsaturated/α-hetero) is 1. The first-order valence-electron chi connectivity index (χ1n) is 5.95. The van der Waals surface area contributed by atoms with Crippen molar-refractivity contribution in [1.29, 1.82) is 0 Å². The average Bonchev–Trinajstić information content (AvgIpc) is 2.43. The minimum Gasteiger partial charge on any atom is -0.366 e. The van der Waals surface area contributed by atoms with E-state index in [9.17, 15) is 14.0 Å². The van der Waals surface area contributed by atoms with Gasteiger partial charge >= 0.3 is 0 Å². The highest BCUT2D eigenvalue weighted by Gasteiger charge is 2.15. The van der Waals surface area contributed by atoms with Crippen molar-refractivity contribution in [2.75, 3.05) is 0 Å². The first-order chi connectivity index (χ1) is 9.88. The maximum Gasteiger partial charge on any atom is 0.248 e. The monoisotopic (exact) mass is 325 g/mol. The molecule has 0 radical (unpaired) electrons. The Morgan fingerprint density at radius 2 is 1.76 bits per heavy atom. The average molecular weight is 326 g/mol. The maximum absolute atomic E-state index is 13.8. The van der Waals surface area contributed by atoms with Gasteiger partial charge in [-0.05, 0) is 29.8 Å². The summed E-state index contributed by atoms with van der Waals surface area (Å²) in [6, 6.07) is 8.48. The Bertz CT molecular complexity index is 732. The van der Waals surface area contributed by atoms with Gasteiger partial charge in [0, 0.05) is 12.0 Å². The number of amides is 1. The Balaban J connectivity index is 2.28. The third-order valence-electron chi connectivity index (χ3n) is 2.89. The summed E-state index contributed by atoms with van der Waals surface area (Å²) in [4.78, 5) is 23.2. The van der Waals surface area contributed by atoms with Gasteiger partial charge in [0.25, 0.3) is 0 Å². The zero-order valence-corrected chi connectivity index (χ0v) is 12.2. The van der Waals surface area contributed by atoms with Crippen LogP contribution in [0.2, 0.25) is 10.0 Å². The van der Waals surface area contributed by atoms with Gasteiger partial charge in [-0.1, -0.05) is 35.3 Å². The van der Waals surface area contributed by atoms with Crippen LogP contribution in [-0.4, -0.2) is 11.7 Å². The third kappa shape index (κ3) is 3.60. The van der Waals surface area contributed by atoms with Crippen molar-refractivity contribution >= 4 is 34.9 Å². The van der Waals surface area contributed by atoms with Gasteiger partial charge < -0.3 is 5.73 Å². The Labute approximate surface area is 130 Å². The standard InChI is InChI=1S/C15H10Cl2FNO2/c16-11-6-10(13(18)7-12(11)17)14(20)5-8-2-1-3-9(4-8)15(19)21/h1-4,6-7H,5H2,(H2,19,21). The molecule has 2 aromatic rings. The number of carbonyl (C=O) groups is 2. The van der Waals surface area contributed by atoms with Crippen LogP contribution >= 0.6 is 23.2 Å². The van der Waals surface area contributed by atoms with Crippen molar-refractivity contribution in [3.05, 3.63) is 69.0 Å². The molecule has 0 aliphatic heterocycles. The van der Waals surface area contributed by atoms with Crippen LogP contribution < -0.4 is 5.73 Å². The van der Waals surface area contributed by atoms with E-state index in [1.165, 1.54) is 18.2 Å². The molecule has 2 rings (SSSR count). The summed E-state index contributed by atoms with van der Waals surface area (Å²) in [7, 11) is 0. The van der Waals surface area contributed by atoms with E-state index in [-0.39, 0.29) is 27.6 Å². The normalized spacial score (nSPS) is 10.4. The highest BCUT2D eigenvalue weighted by Crippen LogP contribution is 2.26. The molecule has 6 heteroatoms. The molecular weight excluding hydrogens is 316 g/mol. The molecule has 0 aliphatic rings. The number of carbonyl (C=O) groups excluding carboxylic acids is 2. The summed E-state index contributed by atoms with van der Waals surface area (Å²) in [5.41, 5.74) is 5.87. The highest BCUT2D eigenvalue weighted by molar-refractivity contribution is 6.42. The molecule has 0 heterocycles. The molecule has 0 unspecified atom stereocenters.